The minimum atomic E-state index is 0. The molecule has 1 fully saturated rings. The van der Waals surface area contributed by atoms with Crippen molar-refractivity contribution < 1.29 is 14.3 Å². The number of amides is 1. The topological polar surface area (TPSA) is 75.2 Å². The van der Waals surface area contributed by atoms with E-state index >= 15 is 0 Å². The van der Waals surface area contributed by atoms with E-state index in [9.17, 15) is 4.79 Å². The fraction of sp³-hybridized carbons (Fsp3) is 0.391. The summed E-state index contributed by atoms with van der Waals surface area (Å²) in [5, 5.41) is 6.54. The summed E-state index contributed by atoms with van der Waals surface area (Å²) < 4.78 is 11.1. The normalized spacial score (nSPS) is 13.7. The number of carbonyl (C=O) groups excluding carboxylic acids is 1. The second kappa shape index (κ2) is 13.2. The van der Waals surface area contributed by atoms with Gasteiger partial charge in [0.15, 0.2) is 5.96 Å². The van der Waals surface area contributed by atoms with E-state index in [0.29, 0.717) is 32.7 Å². The van der Waals surface area contributed by atoms with Crippen molar-refractivity contribution in [3.05, 3.63) is 59.7 Å². The van der Waals surface area contributed by atoms with Crippen molar-refractivity contribution in [1.29, 1.82) is 0 Å². The van der Waals surface area contributed by atoms with Gasteiger partial charge < -0.3 is 25.0 Å². The van der Waals surface area contributed by atoms with Crippen LogP contribution in [0.5, 0.6) is 5.75 Å². The van der Waals surface area contributed by atoms with E-state index in [0.717, 1.165) is 41.5 Å². The summed E-state index contributed by atoms with van der Waals surface area (Å²) in [5.74, 6) is 1.76. The highest BCUT2D eigenvalue weighted by Crippen LogP contribution is 2.21. The van der Waals surface area contributed by atoms with Crippen molar-refractivity contribution in [3.8, 4) is 5.75 Å². The molecule has 0 aliphatic carbocycles. The lowest BCUT2D eigenvalue weighted by atomic mass is 10.2. The Hall–Kier alpha value is -2.33. The molecule has 3 rings (SSSR count). The van der Waals surface area contributed by atoms with E-state index < -0.39 is 0 Å². The Kier molecular flexibility index (Phi) is 10.6. The van der Waals surface area contributed by atoms with Crippen LogP contribution in [0.25, 0.3) is 0 Å². The van der Waals surface area contributed by atoms with E-state index in [-0.39, 0.29) is 29.9 Å². The molecule has 0 unspecified atom stereocenters. The lowest BCUT2D eigenvalue weighted by molar-refractivity contribution is -0.117. The quantitative estimate of drug-likeness (QED) is 0.222. The van der Waals surface area contributed by atoms with Crippen LogP contribution in [-0.4, -0.2) is 45.7 Å². The first kappa shape index (κ1) is 24.9. The van der Waals surface area contributed by atoms with E-state index in [1.54, 1.807) is 14.2 Å². The summed E-state index contributed by atoms with van der Waals surface area (Å²) in [7, 11) is 3.41. The lowest BCUT2D eigenvalue weighted by Crippen LogP contribution is -2.38. The number of halogens is 1. The first-order chi connectivity index (χ1) is 14.7. The second-order valence-electron chi connectivity index (χ2n) is 7.03. The van der Waals surface area contributed by atoms with Crippen LogP contribution < -0.4 is 20.3 Å². The molecular formula is C23H31IN4O3. The van der Waals surface area contributed by atoms with E-state index in [1.165, 1.54) is 0 Å². The van der Waals surface area contributed by atoms with Gasteiger partial charge in [-0.05, 0) is 30.2 Å². The third-order valence-corrected chi connectivity index (χ3v) is 4.99. The maximum atomic E-state index is 11.8. The zero-order valence-corrected chi connectivity index (χ0v) is 20.4. The average Bonchev–Trinajstić information content (AvgIpc) is 3.22. The number of rotatable bonds is 9. The van der Waals surface area contributed by atoms with Crippen LogP contribution in [0.1, 0.15) is 24.0 Å². The van der Waals surface area contributed by atoms with Gasteiger partial charge in [-0.1, -0.05) is 30.3 Å². The van der Waals surface area contributed by atoms with Gasteiger partial charge >= 0.3 is 0 Å². The van der Waals surface area contributed by atoms with Gasteiger partial charge in [0, 0.05) is 44.4 Å². The summed E-state index contributed by atoms with van der Waals surface area (Å²) in [5.41, 5.74) is 3.12. The Morgan fingerprint density at radius 2 is 1.90 bits per heavy atom. The Bertz CT molecular complexity index is 858. The van der Waals surface area contributed by atoms with Crippen LogP contribution >= 0.6 is 24.0 Å². The van der Waals surface area contributed by atoms with Gasteiger partial charge in [-0.25, -0.2) is 0 Å². The number of carbonyl (C=O) groups is 1. The molecule has 31 heavy (non-hydrogen) atoms. The minimum absolute atomic E-state index is 0. The van der Waals surface area contributed by atoms with Gasteiger partial charge in [-0.3, -0.25) is 9.79 Å². The van der Waals surface area contributed by atoms with Crippen molar-refractivity contribution in [2.75, 3.05) is 38.8 Å². The predicted octanol–water partition coefficient (Wildman–Crippen LogP) is 3.32. The molecule has 0 atom stereocenters. The van der Waals surface area contributed by atoms with E-state index in [4.69, 9.17) is 9.47 Å². The summed E-state index contributed by atoms with van der Waals surface area (Å²) in [6.45, 7) is 3.16. The Balaban J connectivity index is 0.00000341. The smallest absolute Gasteiger partial charge is 0.227 e. The number of nitrogens with one attached hydrogen (secondary N) is 2. The highest BCUT2D eigenvalue weighted by Gasteiger charge is 2.21. The largest absolute Gasteiger partial charge is 0.496 e. The number of guanidine groups is 1. The molecule has 1 saturated heterocycles. The van der Waals surface area contributed by atoms with Crippen molar-refractivity contribution >= 4 is 41.5 Å². The number of para-hydroxylation sites is 1. The fourth-order valence-corrected chi connectivity index (χ4v) is 3.37. The number of hydrogen-bond acceptors (Lipinski definition) is 4. The van der Waals surface area contributed by atoms with Gasteiger partial charge in [0.25, 0.3) is 0 Å². The average molecular weight is 538 g/mol. The Morgan fingerprint density at radius 3 is 2.58 bits per heavy atom. The Morgan fingerprint density at radius 1 is 1.13 bits per heavy atom. The molecule has 0 saturated carbocycles. The number of anilines is 1. The second-order valence-corrected chi connectivity index (χ2v) is 7.03. The van der Waals surface area contributed by atoms with Crippen molar-refractivity contribution in [3.63, 3.8) is 0 Å². The number of hydrogen-bond donors (Lipinski definition) is 2. The molecule has 2 aromatic rings. The van der Waals surface area contributed by atoms with Gasteiger partial charge in [0.05, 0.1) is 20.3 Å². The molecule has 2 N–H and O–H groups in total. The first-order valence-corrected chi connectivity index (χ1v) is 10.2. The standard InChI is InChI=1S/C23H30N4O3.HI/c1-24-23(25-13-15-30-17-19-6-3-4-7-21(19)29-2)26-16-18-9-11-20(12-10-18)27-14-5-8-22(27)28;/h3-4,6-7,9-12H,5,8,13-17H2,1-2H3,(H2,24,25,26);1H. The van der Waals surface area contributed by atoms with Crippen LogP contribution in [0.3, 0.4) is 0 Å². The Labute approximate surface area is 201 Å². The van der Waals surface area contributed by atoms with Crippen LogP contribution in [0.2, 0.25) is 0 Å². The minimum Gasteiger partial charge on any atom is -0.496 e. The van der Waals surface area contributed by atoms with Crippen molar-refractivity contribution in [2.45, 2.75) is 26.0 Å². The highest BCUT2D eigenvalue weighted by molar-refractivity contribution is 14.0. The van der Waals surface area contributed by atoms with Crippen LogP contribution in [0.4, 0.5) is 5.69 Å². The number of benzene rings is 2. The maximum absolute atomic E-state index is 11.8. The molecule has 168 valence electrons. The van der Waals surface area contributed by atoms with Crippen LogP contribution in [0, 0.1) is 0 Å². The third kappa shape index (κ3) is 7.39. The van der Waals surface area contributed by atoms with Crippen LogP contribution in [-0.2, 0) is 22.7 Å². The van der Waals surface area contributed by atoms with Crippen LogP contribution in [0.15, 0.2) is 53.5 Å². The zero-order valence-electron chi connectivity index (χ0n) is 18.1. The molecule has 7 nitrogen and oxygen atoms in total. The summed E-state index contributed by atoms with van der Waals surface area (Å²) in [6.07, 6.45) is 1.58. The van der Waals surface area contributed by atoms with Crippen molar-refractivity contribution in [2.24, 2.45) is 4.99 Å². The molecule has 8 heteroatoms. The third-order valence-electron chi connectivity index (χ3n) is 4.99. The number of aliphatic imine (C=N–C) groups is 1. The zero-order chi connectivity index (χ0) is 21.2. The summed E-state index contributed by atoms with van der Waals surface area (Å²) in [6, 6.07) is 15.9. The first-order valence-electron chi connectivity index (χ1n) is 10.2. The monoisotopic (exact) mass is 538 g/mol. The van der Waals surface area contributed by atoms with E-state index in [1.807, 2.05) is 53.4 Å². The molecule has 2 aromatic carbocycles. The lowest BCUT2D eigenvalue weighted by Gasteiger charge is -2.16. The molecule has 0 spiro atoms. The number of ether oxygens (including phenoxy) is 2. The van der Waals surface area contributed by atoms with Gasteiger partial charge in [0.2, 0.25) is 5.91 Å². The fourth-order valence-electron chi connectivity index (χ4n) is 3.37. The molecule has 1 heterocycles. The van der Waals surface area contributed by atoms with E-state index in [2.05, 4.69) is 15.6 Å². The van der Waals surface area contributed by atoms with Gasteiger partial charge in [-0.2, -0.15) is 0 Å². The van der Waals surface area contributed by atoms with Gasteiger partial charge in [0.1, 0.15) is 5.75 Å². The summed E-state index contributed by atoms with van der Waals surface area (Å²) in [4.78, 5) is 17.9. The molecule has 0 bridgehead atoms. The summed E-state index contributed by atoms with van der Waals surface area (Å²) >= 11 is 0. The van der Waals surface area contributed by atoms with Gasteiger partial charge in [-0.15, -0.1) is 24.0 Å². The molecule has 1 amide bonds. The SMILES string of the molecule is CN=C(NCCOCc1ccccc1OC)NCc1ccc(N2CCCC2=O)cc1.I. The molecule has 0 aromatic heterocycles. The highest BCUT2D eigenvalue weighted by atomic mass is 127. The molecular weight excluding hydrogens is 507 g/mol. The predicted molar refractivity (Wildman–Crippen MR) is 134 cm³/mol. The molecule has 0 radical (unpaired) electrons. The molecule has 1 aliphatic heterocycles. The number of nitrogens with zero attached hydrogens (tertiary/aromatic N) is 2. The maximum Gasteiger partial charge on any atom is 0.227 e. The van der Waals surface area contributed by atoms with Crippen molar-refractivity contribution in [1.82, 2.24) is 10.6 Å². The number of methoxy groups -OCH3 is 1. The molecule has 1 aliphatic rings.